The Morgan fingerprint density at radius 1 is 1.40 bits per heavy atom. The fourth-order valence-electron chi connectivity index (χ4n) is 2.26. The number of nitrogens with one attached hydrogen (secondary N) is 1. The monoisotopic (exact) mass is 274 g/mol. The summed E-state index contributed by atoms with van der Waals surface area (Å²) in [5.74, 6) is -0.133. The van der Waals surface area contributed by atoms with E-state index in [1.54, 1.807) is 4.68 Å². The lowest BCUT2D eigenvalue weighted by molar-refractivity contribution is 0.0931. The average Bonchev–Trinajstić information content (AvgIpc) is 2.74. The lowest BCUT2D eigenvalue weighted by Crippen LogP contribution is -2.35. The van der Waals surface area contributed by atoms with Crippen molar-refractivity contribution in [3.63, 3.8) is 0 Å². The predicted molar refractivity (Wildman–Crippen MR) is 80.5 cm³/mol. The molecule has 5 heteroatoms. The van der Waals surface area contributed by atoms with E-state index in [9.17, 15) is 4.79 Å². The summed E-state index contributed by atoms with van der Waals surface area (Å²) in [6, 6.07) is 7.73. The lowest BCUT2D eigenvalue weighted by Gasteiger charge is -2.23. The van der Waals surface area contributed by atoms with E-state index in [1.807, 2.05) is 31.3 Å². The summed E-state index contributed by atoms with van der Waals surface area (Å²) in [6.07, 6.45) is 0.871. The molecule has 0 radical (unpaired) electrons. The Labute approximate surface area is 119 Å². The predicted octanol–water partition coefficient (Wildman–Crippen LogP) is 1.68. The quantitative estimate of drug-likeness (QED) is 0.871. The van der Waals surface area contributed by atoms with E-state index in [4.69, 9.17) is 5.73 Å². The Kier molecular flexibility index (Phi) is 4.09. The number of para-hydroxylation sites is 1. The number of aryl methyl sites for hydroxylation is 1. The van der Waals surface area contributed by atoms with Gasteiger partial charge in [-0.3, -0.25) is 9.48 Å². The van der Waals surface area contributed by atoms with Crippen molar-refractivity contribution in [1.82, 2.24) is 15.1 Å². The molecule has 0 fully saturated rings. The Morgan fingerprint density at radius 2 is 2.10 bits per heavy atom. The molecular formula is C15H22N4O. The molecule has 0 aliphatic heterocycles. The highest BCUT2D eigenvalue weighted by molar-refractivity contribution is 6.04. The molecule has 1 heterocycles. The highest BCUT2D eigenvalue weighted by atomic mass is 16.1. The van der Waals surface area contributed by atoms with Crippen molar-refractivity contribution in [2.75, 3.05) is 13.1 Å². The number of carbonyl (C=O) groups excluding carboxylic acids is 1. The van der Waals surface area contributed by atoms with Crippen molar-refractivity contribution in [1.29, 1.82) is 0 Å². The molecular weight excluding hydrogens is 252 g/mol. The average molecular weight is 274 g/mol. The van der Waals surface area contributed by atoms with E-state index in [0.29, 0.717) is 18.8 Å². The third kappa shape index (κ3) is 2.99. The maximum absolute atomic E-state index is 12.3. The standard InChI is InChI=1S/C15H22N4O/c1-15(2,8-9-16)10-17-14(20)13-11-6-4-5-7-12(11)19(3)18-13/h4-7H,8-10,16H2,1-3H3,(H,17,20). The molecule has 0 aliphatic rings. The normalized spacial score (nSPS) is 11.8. The molecule has 1 aromatic heterocycles. The van der Waals surface area contributed by atoms with Crippen LogP contribution in [0.3, 0.4) is 0 Å². The van der Waals surface area contributed by atoms with Crippen LogP contribution in [0.2, 0.25) is 0 Å². The number of nitrogens with zero attached hydrogens (tertiary/aromatic N) is 2. The maximum atomic E-state index is 12.3. The van der Waals surface area contributed by atoms with E-state index in [2.05, 4.69) is 24.3 Å². The summed E-state index contributed by atoms with van der Waals surface area (Å²) in [7, 11) is 1.84. The molecule has 0 spiro atoms. The first-order valence-corrected chi connectivity index (χ1v) is 6.84. The topological polar surface area (TPSA) is 72.9 Å². The number of aromatic nitrogens is 2. The first kappa shape index (κ1) is 14.5. The highest BCUT2D eigenvalue weighted by Crippen LogP contribution is 2.20. The number of hydrogen-bond acceptors (Lipinski definition) is 3. The minimum absolute atomic E-state index is 0.00497. The Balaban J connectivity index is 2.16. The largest absolute Gasteiger partial charge is 0.350 e. The van der Waals surface area contributed by atoms with Crippen molar-refractivity contribution in [2.24, 2.45) is 18.2 Å². The van der Waals surface area contributed by atoms with Gasteiger partial charge >= 0.3 is 0 Å². The van der Waals surface area contributed by atoms with Crippen LogP contribution in [0.1, 0.15) is 30.8 Å². The van der Waals surface area contributed by atoms with Gasteiger partial charge in [0, 0.05) is 19.0 Å². The summed E-state index contributed by atoms with van der Waals surface area (Å²) in [5.41, 5.74) is 7.01. The van der Waals surface area contributed by atoms with Gasteiger partial charge in [0.2, 0.25) is 0 Å². The fraction of sp³-hybridized carbons (Fsp3) is 0.467. The molecule has 0 unspecified atom stereocenters. The van der Waals surface area contributed by atoms with Gasteiger partial charge in [-0.25, -0.2) is 0 Å². The first-order chi connectivity index (χ1) is 9.44. The number of amides is 1. The van der Waals surface area contributed by atoms with Gasteiger partial charge in [-0.1, -0.05) is 32.0 Å². The second kappa shape index (κ2) is 5.63. The zero-order valence-corrected chi connectivity index (χ0v) is 12.3. The van der Waals surface area contributed by atoms with Crippen molar-refractivity contribution < 1.29 is 4.79 Å². The summed E-state index contributed by atoms with van der Waals surface area (Å²) in [4.78, 5) is 12.3. The molecule has 20 heavy (non-hydrogen) atoms. The third-order valence-electron chi connectivity index (χ3n) is 3.52. The summed E-state index contributed by atoms with van der Waals surface area (Å²) in [5, 5.41) is 8.15. The van der Waals surface area contributed by atoms with E-state index in [0.717, 1.165) is 17.3 Å². The van der Waals surface area contributed by atoms with Gasteiger partial charge in [-0.2, -0.15) is 5.10 Å². The molecule has 108 valence electrons. The third-order valence-corrected chi connectivity index (χ3v) is 3.52. The Morgan fingerprint density at radius 3 is 2.80 bits per heavy atom. The molecule has 2 aromatic rings. The molecule has 0 saturated heterocycles. The molecule has 0 saturated carbocycles. The number of benzene rings is 1. The highest BCUT2D eigenvalue weighted by Gasteiger charge is 2.20. The van der Waals surface area contributed by atoms with E-state index in [-0.39, 0.29) is 11.3 Å². The molecule has 2 rings (SSSR count). The zero-order valence-electron chi connectivity index (χ0n) is 12.3. The van der Waals surface area contributed by atoms with E-state index < -0.39 is 0 Å². The van der Waals surface area contributed by atoms with Crippen molar-refractivity contribution >= 4 is 16.8 Å². The minimum atomic E-state index is -0.133. The van der Waals surface area contributed by atoms with Crippen LogP contribution in [-0.2, 0) is 7.05 Å². The van der Waals surface area contributed by atoms with Gasteiger partial charge < -0.3 is 11.1 Å². The van der Waals surface area contributed by atoms with Gasteiger partial charge in [-0.15, -0.1) is 0 Å². The molecule has 0 atom stereocenters. The number of rotatable bonds is 5. The molecule has 0 aliphatic carbocycles. The van der Waals surface area contributed by atoms with Gasteiger partial charge in [-0.05, 0) is 24.4 Å². The Hall–Kier alpha value is -1.88. The van der Waals surface area contributed by atoms with Gasteiger partial charge in [0.05, 0.1) is 5.52 Å². The van der Waals surface area contributed by atoms with Crippen molar-refractivity contribution in [2.45, 2.75) is 20.3 Å². The molecule has 1 aromatic carbocycles. The summed E-state index contributed by atoms with van der Waals surface area (Å²) >= 11 is 0. The molecule has 3 N–H and O–H groups in total. The van der Waals surface area contributed by atoms with E-state index >= 15 is 0 Å². The van der Waals surface area contributed by atoms with Crippen LogP contribution in [0.25, 0.3) is 10.9 Å². The minimum Gasteiger partial charge on any atom is -0.350 e. The molecule has 0 bridgehead atoms. The van der Waals surface area contributed by atoms with E-state index in [1.165, 1.54) is 0 Å². The number of nitrogens with two attached hydrogens (primary N) is 1. The number of carbonyl (C=O) groups is 1. The number of hydrogen-bond donors (Lipinski definition) is 2. The van der Waals surface area contributed by atoms with Crippen LogP contribution in [0, 0.1) is 5.41 Å². The van der Waals surface area contributed by atoms with Crippen LogP contribution in [-0.4, -0.2) is 28.8 Å². The van der Waals surface area contributed by atoms with Crippen molar-refractivity contribution in [3.05, 3.63) is 30.0 Å². The maximum Gasteiger partial charge on any atom is 0.272 e. The SMILES string of the molecule is Cn1nc(C(=O)NCC(C)(C)CCN)c2ccccc21. The summed E-state index contributed by atoms with van der Waals surface area (Å²) in [6.45, 7) is 5.40. The summed E-state index contributed by atoms with van der Waals surface area (Å²) < 4.78 is 1.73. The second-order valence-electron chi connectivity index (χ2n) is 5.87. The fourth-order valence-corrected chi connectivity index (χ4v) is 2.26. The van der Waals surface area contributed by atoms with Gasteiger partial charge in [0.1, 0.15) is 0 Å². The van der Waals surface area contributed by atoms with Crippen LogP contribution < -0.4 is 11.1 Å². The lowest BCUT2D eigenvalue weighted by atomic mass is 9.89. The molecule has 5 nitrogen and oxygen atoms in total. The second-order valence-corrected chi connectivity index (χ2v) is 5.87. The van der Waals surface area contributed by atoms with Crippen LogP contribution in [0.15, 0.2) is 24.3 Å². The first-order valence-electron chi connectivity index (χ1n) is 6.84. The Bertz CT molecular complexity index is 615. The smallest absolute Gasteiger partial charge is 0.272 e. The van der Waals surface area contributed by atoms with Crippen LogP contribution in [0.4, 0.5) is 0 Å². The van der Waals surface area contributed by atoms with Crippen molar-refractivity contribution in [3.8, 4) is 0 Å². The van der Waals surface area contributed by atoms with Crippen LogP contribution >= 0.6 is 0 Å². The van der Waals surface area contributed by atoms with Gasteiger partial charge in [0.15, 0.2) is 5.69 Å². The zero-order chi connectivity index (χ0) is 14.8. The van der Waals surface area contributed by atoms with Gasteiger partial charge in [0.25, 0.3) is 5.91 Å². The van der Waals surface area contributed by atoms with Crippen LogP contribution in [0.5, 0.6) is 0 Å². The number of fused-ring (bicyclic) bond motifs is 1. The molecule has 1 amide bonds.